The van der Waals surface area contributed by atoms with Crippen molar-refractivity contribution in [3.8, 4) is 0 Å². The molecule has 1 heterocycles. The van der Waals surface area contributed by atoms with Gasteiger partial charge in [-0.3, -0.25) is 4.90 Å². The molecular formula is C21H24BrNO2. The number of rotatable bonds is 3. The monoisotopic (exact) mass is 401 g/mol. The molecule has 2 aromatic carbocycles. The molecule has 0 saturated heterocycles. The third kappa shape index (κ3) is 3.90. The molecule has 0 fully saturated rings. The largest absolute Gasteiger partial charge is 0.444 e. The van der Waals surface area contributed by atoms with Crippen LogP contribution in [-0.4, -0.2) is 12.1 Å². The van der Waals surface area contributed by atoms with Gasteiger partial charge in [-0.1, -0.05) is 60.1 Å². The molecule has 4 heteroatoms. The van der Waals surface area contributed by atoms with E-state index in [1.807, 2.05) is 35.2 Å². The number of benzene rings is 2. The summed E-state index contributed by atoms with van der Waals surface area (Å²) in [4.78, 5) is 14.9. The minimum absolute atomic E-state index is 0.163. The zero-order valence-corrected chi connectivity index (χ0v) is 16.5. The van der Waals surface area contributed by atoms with Crippen molar-refractivity contribution < 1.29 is 9.53 Å². The molecule has 2 aromatic rings. The van der Waals surface area contributed by atoms with E-state index in [2.05, 4.69) is 48.8 Å². The van der Waals surface area contributed by atoms with E-state index in [0.29, 0.717) is 12.5 Å². The highest BCUT2D eigenvalue weighted by Crippen LogP contribution is 2.38. The molecule has 1 amide bonds. The van der Waals surface area contributed by atoms with E-state index in [4.69, 9.17) is 4.74 Å². The van der Waals surface area contributed by atoms with Gasteiger partial charge in [-0.05, 0) is 54.5 Å². The quantitative estimate of drug-likeness (QED) is 0.643. The number of carbonyl (C=O) groups is 1. The number of halogens is 1. The Morgan fingerprint density at radius 1 is 1.28 bits per heavy atom. The first kappa shape index (κ1) is 18.0. The van der Waals surface area contributed by atoms with Gasteiger partial charge in [0.1, 0.15) is 6.61 Å². The van der Waals surface area contributed by atoms with Crippen molar-refractivity contribution in [1.82, 2.24) is 0 Å². The van der Waals surface area contributed by atoms with Gasteiger partial charge >= 0.3 is 6.09 Å². The van der Waals surface area contributed by atoms with Gasteiger partial charge < -0.3 is 4.74 Å². The van der Waals surface area contributed by atoms with E-state index >= 15 is 0 Å². The van der Waals surface area contributed by atoms with Crippen molar-refractivity contribution >= 4 is 27.7 Å². The van der Waals surface area contributed by atoms with Crippen molar-refractivity contribution in [3.63, 3.8) is 0 Å². The number of hydrogen-bond acceptors (Lipinski definition) is 2. The maximum absolute atomic E-state index is 13.0. The lowest BCUT2D eigenvalue weighted by molar-refractivity contribution is 0.141. The van der Waals surface area contributed by atoms with Crippen molar-refractivity contribution in [2.45, 2.75) is 46.3 Å². The first-order valence-corrected chi connectivity index (χ1v) is 9.55. The normalized spacial score (nSPS) is 16.7. The molecule has 0 saturated carbocycles. The fourth-order valence-corrected chi connectivity index (χ4v) is 4.21. The third-order valence-electron chi connectivity index (χ3n) is 4.80. The first-order valence-electron chi connectivity index (χ1n) is 8.76. The molecule has 0 spiro atoms. The number of anilines is 1. The molecular weight excluding hydrogens is 378 g/mol. The second-order valence-corrected chi connectivity index (χ2v) is 7.91. The SMILES string of the molecule is Cc1cc(Br)cc2c1N(C(=O)OCc1ccccc1)C(C(C)C)CC2. The fourth-order valence-electron chi connectivity index (χ4n) is 3.59. The molecule has 1 unspecified atom stereocenters. The molecule has 25 heavy (non-hydrogen) atoms. The maximum Gasteiger partial charge on any atom is 0.414 e. The number of ether oxygens (including phenoxy) is 1. The highest BCUT2D eigenvalue weighted by molar-refractivity contribution is 9.10. The Morgan fingerprint density at radius 3 is 2.68 bits per heavy atom. The van der Waals surface area contributed by atoms with Crippen molar-refractivity contribution in [2.75, 3.05) is 4.90 Å². The lowest BCUT2D eigenvalue weighted by Gasteiger charge is -2.39. The van der Waals surface area contributed by atoms with Gasteiger partial charge in [-0.25, -0.2) is 4.79 Å². The maximum atomic E-state index is 13.0. The molecule has 1 atom stereocenters. The molecule has 132 valence electrons. The van der Waals surface area contributed by atoms with Gasteiger partial charge in [-0.2, -0.15) is 0 Å². The van der Waals surface area contributed by atoms with Gasteiger partial charge in [0, 0.05) is 10.5 Å². The lowest BCUT2D eigenvalue weighted by atomic mass is 9.88. The summed E-state index contributed by atoms with van der Waals surface area (Å²) in [5.41, 5.74) is 4.33. The van der Waals surface area contributed by atoms with Crippen LogP contribution in [0.3, 0.4) is 0 Å². The van der Waals surface area contributed by atoms with Crippen LogP contribution in [0.25, 0.3) is 0 Å². The highest BCUT2D eigenvalue weighted by Gasteiger charge is 2.35. The zero-order valence-electron chi connectivity index (χ0n) is 15.0. The Labute approximate surface area is 158 Å². The summed E-state index contributed by atoms with van der Waals surface area (Å²) in [6.45, 7) is 6.69. The van der Waals surface area contributed by atoms with Crippen molar-refractivity contribution in [3.05, 3.63) is 63.6 Å². The second kappa shape index (κ2) is 7.61. The number of carbonyl (C=O) groups excluding carboxylic acids is 1. The Morgan fingerprint density at radius 2 is 2.00 bits per heavy atom. The molecule has 0 aromatic heterocycles. The second-order valence-electron chi connectivity index (χ2n) is 6.99. The Balaban J connectivity index is 1.89. The van der Waals surface area contributed by atoms with E-state index in [1.165, 1.54) is 5.56 Å². The summed E-state index contributed by atoms with van der Waals surface area (Å²) in [7, 11) is 0. The van der Waals surface area contributed by atoms with E-state index in [0.717, 1.165) is 34.1 Å². The van der Waals surface area contributed by atoms with E-state index in [9.17, 15) is 4.79 Å². The third-order valence-corrected chi connectivity index (χ3v) is 5.26. The number of fused-ring (bicyclic) bond motifs is 1. The molecule has 0 N–H and O–H groups in total. The molecule has 0 bridgehead atoms. The standard InChI is InChI=1S/C21H24BrNO2/c1-14(2)19-10-9-17-12-18(22)11-15(3)20(17)23(19)21(24)25-13-16-7-5-4-6-8-16/h4-8,11-12,14,19H,9-10,13H2,1-3H3. The van der Waals surface area contributed by atoms with Gasteiger partial charge in [0.15, 0.2) is 0 Å². The van der Waals surface area contributed by atoms with E-state index < -0.39 is 0 Å². The Hall–Kier alpha value is -1.81. The molecule has 0 aliphatic carbocycles. The van der Waals surface area contributed by atoms with Gasteiger partial charge in [0.2, 0.25) is 0 Å². The predicted molar refractivity (Wildman–Crippen MR) is 105 cm³/mol. The van der Waals surface area contributed by atoms with Gasteiger partial charge in [-0.15, -0.1) is 0 Å². The molecule has 1 aliphatic rings. The first-order chi connectivity index (χ1) is 12.0. The van der Waals surface area contributed by atoms with E-state index in [1.54, 1.807) is 0 Å². The zero-order chi connectivity index (χ0) is 18.0. The number of amides is 1. The van der Waals surface area contributed by atoms with E-state index in [-0.39, 0.29) is 12.1 Å². The summed E-state index contributed by atoms with van der Waals surface area (Å²) in [6.07, 6.45) is 1.69. The minimum atomic E-state index is -0.256. The van der Waals surface area contributed by atoms with Crippen LogP contribution >= 0.6 is 15.9 Å². The summed E-state index contributed by atoms with van der Waals surface area (Å²) >= 11 is 3.57. The van der Waals surface area contributed by atoms with Crippen LogP contribution in [0.2, 0.25) is 0 Å². The summed E-state index contributed by atoms with van der Waals surface area (Å²) in [6, 6.07) is 14.2. The van der Waals surface area contributed by atoms with Crippen LogP contribution in [0, 0.1) is 12.8 Å². The van der Waals surface area contributed by atoms with Crippen LogP contribution in [0.15, 0.2) is 46.9 Å². The topological polar surface area (TPSA) is 29.5 Å². The number of aryl methyl sites for hydroxylation is 2. The molecule has 0 radical (unpaired) electrons. The van der Waals surface area contributed by atoms with Crippen LogP contribution in [0.5, 0.6) is 0 Å². The lowest BCUT2D eigenvalue weighted by Crippen LogP contribution is -2.47. The average molecular weight is 402 g/mol. The van der Waals surface area contributed by atoms with Crippen molar-refractivity contribution in [2.24, 2.45) is 5.92 Å². The molecule has 3 rings (SSSR count). The minimum Gasteiger partial charge on any atom is -0.444 e. The molecule has 1 aliphatic heterocycles. The summed E-state index contributed by atoms with van der Waals surface area (Å²) < 4.78 is 6.72. The van der Waals surface area contributed by atoms with Gasteiger partial charge in [0.25, 0.3) is 0 Å². The average Bonchev–Trinajstić information content (AvgIpc) is 2.59. The van der Waals surface area contributed by atoms with Crippen LogP contribution in [-0.2, 0) is 17.8 Å². The number of nitrogens with zero attached hydrogens (tertiary/aromatic N) is 1. The van der Waals surface area contributed by atoms with Crippen molar-refractivity contribution in [1.29, 1.82) is 0 Å². The summed E-state index contributed by atoms with van der Waals surface area (Å²) in [5.74, 6) is 0.375. The highest BCUT2D eigenvalue weighted by atomic mass is 79.9. The molecule has 3 nitrogen and oxygen atoms in total. The van der Waals surface area contributed by atoms with Crippen LogP contribution in [0.1, 0.15) is 37.0 Å². The van der Waals surface area contributed by atoms with Gasteiger partial charge in [0.05, 0.1) is 5.69 Å². The Kier molecular flexibility index (Phi) is 5.48. The fraction of sp³-hybridized carbons (Fsp3) is 0.381. The van der Waals surface area contributed by atoms with Crippen LogP contribution < -0.4 is 4.90 Å². The van der Waals surface area contributed by atoms with Crippen LogP contribution in [0.4, 0.5) is 10.5 Å². The number of hydrogen-bond donors (Lipinski definition) is 0. The smallest absolute Gasteiger partial charge is 0.414 e. The summed E-state index contributed by atoms with van der Waals surface area (Å²) in [5, 5.41) is 0. The predicted octanol–water partition coefficient (Wildman–Crippen LogP) is 5.87. The Bertz CT molecular complexity index is 758.